The second-order valence-corrected chi connectivity index (χ2v) is 9.33. The molecule has 36 heavy (non-hydrogen) atoms. The van der Waals surface area contributed by atoms with E-state index in [1.165, 1.54) is 19.4 Å². The first-order valence-corrected chi connectivity index (χ1v) is 12.1. The molecule has 2 atom stereocenters. The number of phenols is 1. The standard InChI is InChI=1S/C26H31Cl2N3O5/c1-6-7-18-11-17(12-23(35-5)24(18)32)14-29-31-26(34)21(10-15(2)3)30-25(33)16(4)36-22-9-8-19(27)13-20(22)28/h6,8-9,11-16,21,32H,1,7,10H2,2-5H3,(H,30,33)(H,31,34)/b29-14-/t16-,21+/m1/s1. The first-order chi connectivity index (χ1) is 17.0. The van der Waals surface area contributed by atoms with E-state index < -0.39 is 24.0 Å². The van der Waals surface area contributed by atoms with Gasteiger partial charge in [-0.25, -0.2) is 5.43 Å². The molecule has 0 aliphatic carbocycles. The summed E-state index contributed by atoms with van der Waals surface area (Å²) in [6.45, 7) is 9.11. The predicted octanol–water partition coefficient (Wildman–Crippen LogP) is 4.88. The molecule has 0 saturated heterocycles. The number of benzene rings is 2. The largest absolute Gasteiger partial charge is 0.504 e. The molecule has 0 saturated carbocycles. The number of carbonyl (C=O) groups is 2. The molecular formula is C26H31Cl2N3O5. The van der Waals surface area contributed by atoms with E-state index in [1.807, 2.05) is 13.8 Å². The zero-order valence-electron chi connectivity index (χ0n) is 20.7. The van der Waals surface area contributed by atoms with E-state index in [2.05, 4.69) is 22.4 Å². The molecular weight excluding hydrogens is 505 g/mol. The molecule has 0 radical (unpaired) electrons. The van der Waals surface area contributed by atoms with E-state index >= 15 is 0 Å². The number of amides is 2. The maximum absolute atomic E-state index is 12.8. The maximum atomic E-state index is 12.8. The highest BCUT2D eigenvalue weighted by Crippen LogP contribution is 2.31. The van der Waals surface area contributed by atoms with Crippen LogP contribution in [0.3, 0.4) is 0 Å². The summed E-state index contributed by atoms with van der Waals surface area (Å²) < 4.78 is 10.8. The molecule has 0 aliphatic heterocycles. The van der Waals surface area contributed by atoms with Crippen LogP contribution in [0.1, 0.15) is 38.3 Å². The number of nitrogens with one attached hydrogen (secondary N) is 2. The van der Waals surface area contributed by atoms with Crippen LogP contribution in [0.2, 0.25) is 10.0 Å². The highest BCUT2D eigenvalue weighted by atomic mass is 35.5. The van der Waals surface area contributed by atoms with Crippen molar-refractivity contribution in [3.8, 4) is 17.2 Å². The second kappa shape index (κ2) is 13.8. The van der Waals surface area contributed by atoms with Crippen LogP contribution in [0, 0.1) is 5.92 Å². The summed E-state index contributed by atoms with van der Waals surface area (Å²) in [5.41, 5.74) is 3.68. The van der Waals surface area contributed by atoms with Gasteiger partial charge in [0.2, 0.25) is 0 Å². The minimum atomic E-state index is -0.914. The summed E-state index contributed by atoms with van der Waals surface area (Å²) in [5, 5.41) is 17.7. The first-order valence-electron chi connectivity index (χ1n) is 11.3. The van der Waals surface area contributed by atoms with Crippen molar-refractivity contribution in [1.82, 2.24) is 10.7 Å². The Morgan fingerprint density at radius 1 is 1.14 bits per heavy atom. The number of nitrogens with zero attached hydrogens (tertiary/aromatic N) is 1. The van der Waals surface area contributed by atoms with Gasteiger partial charge in [-0.05, 0) is 61.6 Å². The van der Waals surface area contributed by atoms with Crippen LogP contribution in [0.4, 0.5) is 0 Å². The van der Waals surface area contributed by atoms with E-state index in [9.17, 15) is 14.7 Å². The lowest BCUT2D eigenvalue weighted by Gasteiger charge is -2.22. The Labute approximate surface area is 221 Å². The van der Waals surface area contributed by atoms with Crippen molar-refractivity contribution in [2.24, 2.45) is 11.0 Å². The third kappa shape index (κ3) is 8.46. The molecule has 0 aliphatic rings. The Bertz CT molecular complexity index is 1120. The summed E-state index contributed by atoms with van der Waals surface area (Å²) in [5.74, 6) is -0.241. The Balaban J connectivity index is 2.08. The van der Waals surface area contributed by atoms with Crippen molar-refractivity contribution >= 4 is 41.2 Å². The van der Waals surface area contributed by atoms with Crippen LogP contribution in [-0.2, 0) is 16.0 Å². The van der Waals surface area contributed by atoms with Crippen molar-refractivity contribution in [2.75, 3.05) is 7.11 Å². The fourth-order valence-corrected chi connectivity index (χ4v) is 3.74. The first kappa shape index (κ1) is 29.0. The number of phenolic OH excluding ortho intramolecular Hbond substituents is 1. The number of hydrogen-bond donors (Lipinski definition) is 3. The lowest BCUT2D eigenvalue weighted by Crippen LogP contribution is -2.49. The van der Waals surface area contributed by atoms with Crippen LogP contribution in [0.25, 0.3) is 0 Å². The number of halogens is 2. The van der Waals surface area contributed by atoms with Crippen molar-refractivity contribution < 1.29 is 24.2 Å². The van der Waals surface area contributed by atoms with Crippen LogP contribution in [-0.4, -0.2) is 42.4 Å². The normalized spacial score (nSPS) is 12.8. The fraction of sp³-hybridized carbons (Fsp3) is 0.346. The molecule has 0 bridgehead atoms. The number of methoxy groups -OCH3 is 1. The monoisotopic (exact) mass is 535 g/mol. The van der Waals surface area contributed by atoms with Crippen LogP contribution < -0.4 is 20.2 Å². The Hall–Kier alpha value is -3.23. The minimum absolute atomic E-state index is 0.0227. The molecule has 0 spiro atoms. The van der Waals surface area contributed by atoms with Crippen molar-refractivity contribution in [3.05, 3.63) is 64.2 Å². The van der Waals surface area contributed by atoms with Gasteiger partial charge in [0, 0.05) is 10.6 Å². The van der Waals surface area contributed by atoms with E-state index in [4.69, 9.17) is 32.7 Å². The summed E-state index contributed by atoms with van der Waals surface area (Å²) in [4.78, 5) is 25.6. The van der Waals surface area contributed by atoms with Crippen molar-refractivity contribution in [3.63, 3.8) is 0 Å². The van der Waals surface area contributed by atoms with Gasteiger partial charge in [-0.3, -0.25) is 9.59 Å². The van der Waals surface area contributed by atoms with E-state index in [0.29, 0.717) is 34.7 Å². The zero-order valence-corrected chi connectivity index (χ0v) is 22.2. The molecule has 0 fully saturated rings. The zero-order chi connectivity index (χ0) is 26.8. The summed E-state index contributed by atoms with van der Waals surface area (Å²) in [6.07, 6.45) is 2.98. The number of hydrogen-bond acceptors (Lipinski definition) is 6. The number of hydrazone groups is 1. The minimum Gasteiger partial charge on any atom is -0.504 e. The fourth-order valence-electron chi connectivity index (χ4n) is 3.29. The van der Waals surface area contributed by atoms with Gasteiger partial charge in [0.1, 0.15) is 11.8 Å². The Morgan fingerprint density at radius 3 is 2.47 bits per heavy atom. The van der Waals surface area contributed by atoms with Crippen LogP contribution in [0.5, 0.6) is 17.2 Å². The molecule has 8 nitrogen and oxygen atoms in total. The van der Waals surface area contributed by atoms with Gasteiger partial charge in [-0.1, -0.05) is 43.1 Å². The van der Waals surface area contributed by atoms with E-state index in [1.54, 1.807) is 37.3 Å². The maximum Gasteiger partial charge on any atom is 0.262 e. The van der Waals surface area contributed by atoms with Gasteiger partial charge in [-0.2, -0.15) is 5.10 Å². The van der Waals surface area contributed by atoms with Gasteiger partial charge in [0.15, 0.2) is 17.6 Å². The van der Waals surface area contributed by atoms with Gasteiger partial charge in [0.25, 0.3) is 11.8 Å². The number of ether oxygens (including phenoxy) is 2. The van der Waals surface area contributed by atoms with Crippen LogP contribution in [0.15, 0.2) is 48.1 Å². The molecule has 2 amide bonds. The molecule has 10 heteroatoms. The number of rotatable bonds is 12. The second-order valence-electron chi connectivity index (χ2n) is 8.48. The van der Waals surface area contributed by atoms with Crippen LogP contribution >= 0.6 is 23.2 Å². The average Bonchev–Trinajstić information content (AvgIpc) is 2.81. The lowest BCUT2D eigenvalue weighted by atomic mass is 10.0. The predicted molar refractivity (Wildman–Crippen MR) is 142 cm³/mol. The SMILES string of the molecule is C=CCc1cc(/C=N\NC(=O)[C@H](CC(C)C)NC(=O)[C@@H](C)Oc2ccc(Cl)cc2Cl)cc(OC)c1O. The summed E-state index contributed by atoms with van der Waals surface area (Å²) in [7, 11) is 1.44. The Kier molecular flexibility index (Phi) is 11.1. The molecule has 194 valence electrons. The number of carbonyl (C=O) groups excluding carboxylic acids is 2. The quantitative estimate of drug-likeness (QED) is 0.204. The molecule has 0 heterocycles. The highest BCUT2D eigenvalue weighted by molar-refractivity contribution is 6.35. The number of allylic oxidation sites excluding steroid dienone is 1. The van der Waals surface area contributed by atoms with Gasteiger partial charge in [0.05, 0.1) is 18.3 Å². The lowest BCUT2D eigenvalue weighted by molar-refractivity contribution is -0.132. The molecule has 2 rings (SSSR count). The van der Waals surface area contributed by atoms with Gasteiger partial charge >= 0.3 is 0 Å². The number of aromatic hydroxyl groups is 1. The van der Waals surface area contributed by atoms with Gasteiger partial charge < -0.3 is 19.9 Å². The topological polar surface area (TPSA) is 109 Å². The molecule has 0 aromatic heterocycles. The average molecular weight is 536 g/mol. The summed E-state index contributed by atoms with van der Waals surface area (Å²) >= 11 is 12.0. The molecule has 3 N–H and O–H groups in total. The Morgan fingerprint density at radius 2 is 1.86 bits per heavy atom. The molecule has 2 aromatic rings. The van der Waals surface area contributed by atoms with E-state index in [-0.39, 0.29) is 22.4 Å². The van der Waals surface area contributed by atoms with Crippen molar-refractivity contribution in [2.45, 2.75) is 45.8 Å². The van der Waals surface area contributed by atoms with Crippen molar-refractivity contribution in [1.29, 1.82) is 0 Å². The summed E-state index contributed by atoms with van der Waals surface area (Å²) in [6, 6.07) is 7.15. The molecule has 0 unspecified atom stereocenters. The highest BCUT2D eigenvalue weighted by Gasteiger charge is 2.25. The smallest absolute Gasteiger partial charge is 0.262 e. The van der Waals surface area contributed by atoms with Gasteiger partial charge in [-0.15, -0.1) is 6.58 Å². The third-order valence-electron chi connectivity index (χ3n) is 5.06. The molecule has 2 aromatic carbocycles. The van der Waals surface area contributed by atoms with E-state index in [0.717, 1.165) is 0 Å². The third-order valence-corrected chi connectivity index (χ3v) is 5.59.